The minimum atomic E-state index is -3.28. The number of amides is 1. The van der Waals surface area contributed by atoms with E-state index in [2.05, 4.69) is 25.8 Å². The number of hydrogen-bond donors (Lipinski definition) is 1. The van der Waals surface area contributed by atoms with Crippen LogP contribution in [0.25, 0.3) is 10.9 Å². The highest BCUT2D eigenvalue weighted by Crippen LogP contribution is 2.37. The van der Waals surface area contributed by atoms with Crippen LogP contribution in [0.15, 0.2) is 36.4 Å². The van der Waals surface area contributed by atoms with E-state index in [1.54, 1.807) is 0 Å². The van der Waals surface area contributed by atoms with Crippen molar-refractivity contribution >= 4 is 22.6 Å². The molecule has 0 bridgehead atoms. The smallest absolute Gasteiger partial charge is 0.387 e. The van der Waals surface area contributed by atoms with Crippen LogP contribution in [0.2, 0.25) is 0 Å². The number of carbonyl (C=O) groups excluding carboxylic acids is 1. The molecule has 1 aromatic heterocycles. The van der Waals surface area contributed by atoms with E-state index in [4.69, 9.17) is 6.42 Å². The number of hydrogen-bond acceptors (Lipinski definition) is 4. The van der Waals surface area contributed by atoms with Crippen LogP contribution in [0, 0.1) is 18.2 Å². The zero-order valence-electron chi connectivity index (χ0n) is 14.9. The molecule has 0 aliphatic rings. The Morgan fingerprint density at radius 3 is 2.40 bits per heavy atom. The summed E-state index contributed by atoms with van der Waals surface area (Å²) in [5.41, 5.74) is 0.00404. The van der Waals surface area contributed by atoms with E-state index in [1.165, 1.54) is 12.1 Å². The molecule has 0 aliphatic heterocycles. The van der Waals surface area contributed by atoms with Crippen LogP contribution in [-0.4, -0.2) is 28.9 Å². The van der Waals surface area contributed by atoms with Gasteiger partial charge in [0.25, 0.3) is 5.91 Å². The Balaban J connectivity index is 2.11. The van der Waals surface area contributed by atoms with Crippen LogP contribution in [0.3, 0.4) is 0 Å². The maximum atomic E-state index is 13.1. The quantitative estimate of drug-likeness (QED) is 0.454. The summed E-state index contributed by atoms with van der Waals surface area (Å²) in [6.45, 7) is -6.71. The highest BCUT2D eigenvalue weighted by atomic mass is 19.3. The number of nitrogens with one attached hydrogen (secondary N) is 1. The van der Waals surface area contributed by atoms with Crippen molar-refractivity contribution in [3.05, 3.63) is 47.8 Å². The lowest BCUT2D eigenvalue weighted by atomic mass is 10.2. The van der Waals surface area contributed by atoms with Gasteiger partial charge in [0.2, 0.25) is 0 Å². The van der Waals surface area contributed by atoms with E-state index in [1.807, 2.05) is 0 Å². The Bertz CT molecular complexity index is 1110. The molecule has 0 radical (unpaired) electrons. The molecule has 3 rings (SSSR count). The van der Waals surface area contributed by atoms with Gasteiger partial charge in [0.05, 0.1) is 5.39 Å². The Hall–Kier alpha value is -3.81. The fourth-order valence-corrected chi connectivity index (χ4v) is 2.68. The summed E-state index contributed by atoms with van der Waals surface area (Å²) in [5.74, 6) is -0.199. The van der Waals surface area contributed by atoms with Crippen molar-refractivity contribution in [3.63, 3.8) is 0 Å². The molecule has 0 saturated carbocycles. The lowest BCUT2D eigenvalue weighted by molar-refractivity contribution is -0.0536. The van der Waals surface area contributed by atoms with Gasteiger partial charge in [-0.2, -0.15) is 22.7 Å². The first-order chi connectivity index (χ1) is 14.3. The van der Waals surface area contributed by atoms with Crippen LogP contribution < -0.4 is 14.8 Å². The van der Waals surface area contributed by atoms with Crippen molar-refractivity contribution in [2.45, 2.75) is 19.8 Å². The maximum Gasteiger partial charge on any atom is 0.387 e. The Kier molecular flexibility index (Phi) is 6.06. The van der Waals surface area contributed by atoms with E-state index in [0.717, 1.165) is 28.9 Å². The fourth-order valence-electron chi connectivity index (χ4n) is 2.68. The fraction of sp³-hybridized carbons (Fsp3) is 0.158. The van der Waals surface area contributed by atoms with Gasteiger partial charge in [-0.3, -0.25) is 4.79 Å². The average molecular weight is 425 g/mol. The first-order valence-electron chi connectivity index (χ1n) is 8.23. The van der Waals surface area contributed by atoms with Gasteiger partial charge < -0.3 is 14.8 Å². The summed E-state index contributed by atoms with van der Waals surface area (Å²) in [6.07, 6.45) is 5.27. The molecule has 156 valence electrons. The first kappa shape index (κ1) is 20.9. The van der Waals surface area contributed by atoms with Crippen LogP contribution >= 0.6 is 0 Å². The van der Waals surface area contributed by atoms with Crippen LogP contribution in [0.5, 0.6) is 11.5 Å². The van der Waals surface area contributed by atoms with Gasteiger partial charge in [0.15, 0.2) is 11.6 Å². The molecular weight excluding hydrogens is 413 g/mol. The van der Waals surface area contributed by atoms with Gasteiger partial charge >= 0.3 is 13.2 Å². The normalized spacial score (nSPS) is 11.0. The van der Waals surface area contributed by atoms with Gasteiger partial charge in [0.1, 0.15) is 23.6 Å². The number of carbonyl (C=O) groups is 1. The van der Waals surface area contributed by atoms with Gasteiger partial charge in [0, 0.05) is 11.6 Å². The molecule has 0 saturated heterocycles. The second-order valence-corrected chi connectivity index (χ2v) is 5.75. The number of anilines is 1. The minimum Gasteiger partial charge on any atom is -0.435 e. The van der Waals surface area contributed by atoms with E-state index in [0.29, 0.717) is 0 Å². The molecule has 0 unspecified atom stereocenters. The van der Waals surface area contributed by atoms with Crippen LogP contribution in [0.4, 0.5) is 27.8 Å². The van der Waals surface area contributed by atoms with Crippen molar-refractivity contribution < 1.29 is 36.2 Å². The van der Waals surface area contributed by atoms with E-state index in [-0.39, 0.29) is 28.8 Å². The number of aromatic nitrogens is 2. The Labute approximate surface area is 166 Å². The molecule has 1 heterocycles. The highest BCUT2D eigenvalue weighted by molar-refractivity contribution is 6.08. The van der Waals surface area contributed by atoms with E-state index >= 15 is 0 Å². The van der Waals surface area contributed by atoms with E-state index in [9.17, 15) is 26.7 Å². The van der Waals surface area contributed by atoms with Crippen molar-refractivity contribution in [3.8, 4) is 23.8 Å². The number of alkyl halides is 4. The summed E-state index contributed by atoms with van der Waals surface area (Å²) in [4.78, 5) is 12.4. The number of benzene rings is 2. The standard InChI is InChI=1S/C19H12F5N3O3/c1-2-7-27-15-13(8-12(29-18(21)22)9-14(15)30-19(23)24)16(26-27)25-17(28)10-3-5-11(20)6-4-10/h1,3-6,8-9,18-19H,7H2,(H,25,26,28). The molecule has 0 atom stereocenters. The molecule has 6 nitrogen and oxygen atoms in total. The molecule has 0 fully saturated rings. The summed E-state index contributed by atoms with van der Waals surface area (Å²) in [6, 6.07) is 6.45. The SMILES string of the molecule is C#CCn1nc(NC(=O)c2ccc(F)cc2)c2cc(OC(F)F)cc(OC(F)F)c21. The number of fused-ring (bicyclic) bond motifs is 1. The Morgan fingerprint density at radius 2 is 1.80 bits per heavy atom. The third-order valence-electron chi connectivity index (χ3n) is 3.80. The lowest BCUT2D eigenvalue weighted by Gasteiger charge is -2.11. The number of ether oxygens (including phenoxy) is 2. The molecule has 2 aromatic carbocycles. The molecule has 1 N–H and O–H groups in total. The zero-order valence-corrected chi connectivity index (χ0v) is 14.9. The topological polar surface area (TPSA) is 65.4 Å². The number of rotatable bonds is 7. The molecule has 0 spiro atoms. The summed E-state index contributed by atoms with van der Waals surface area (Å²) in [5, 5.41) is 6.43. The largest absolute Gasteiger partial charge is 0.435 e. The molecule has 30 heavy (non-hydrogen) atoms. The van der Waals surface area contributed by atoms with Gasteiger partial charge in [-0.1, -0.05) is 5.92 Å². The Morgan fingerprint density at radius 1 is 1.13 bits per heavy atom. The third-order valence-corrected chi connectivity index (χ3v) is 3.80. The van der Waals surface area contributed by atoms with Crippen molar-refractivity contribution in [2.75, 3.05) is 5.32 Å². The van der Waals surface area contributed by atoms with Crippen LogP contribution in [-0.2, 0) is 6.54 Å². The number of terminal acetylenes is 1. The predicted octanol–water partition coefficient (Wildman–Crippen LogP) is 4.26. The molecule has 1 amide bonds. The molecule has 3 aromatic rings. The number of halogens is 5. The van der Waals surface area contributed by atoms with Crippen molar-refractivity contribution in [1.82, 2.24) is 9.78 Å². The molecule has 0 aliphatic carbocycles. The lowest BCUT2D eigenvalue weighted by Crippen LogP contribution is -2.13. The van der Waals surface area contributed by atoms with Gasteiger partial charge in [-0.15, -0.1) is 6.42 Å². The van der Waals surface area contributed by atoms with Crippen molar-refractivity contribution in [2.24, 2.45) is 0 Å². The van der Waals surface area contributed by atoms with Crippen LogP contribution in [0.1, 0.15) is 10.4 Å². The monoisotopic (exact) mass is 425 g/mol. The summed E-state index contributed by atoms with van der Waals surface area (Å²) < 4.78 is 73.8. The second-order valence-electron chi connectivity index (χ2n) is 5.75. The maximum absolute atomic E-state index is 13.1. The van der Waals surface area contributed by atoms with Gasteiger partial charge in [-0.25, -0.2) is 9.07 Å². The van der Waals surface area contributed by atoms with E-state index < -0.39 is 36.4 Å². The minimum absolute atomic E-state index is 0.0329. The van der Waals surface area contributed by atoms with Crippen molar-refractivity contribution in [1.29, 1.82) is 0 Å². The molecule has 11 heteroatoms. The highest BCUT2D eigenvalue weighted by Gasteiger charge is 2.22. The second kappa shape index (κ2) is 8.69. The average Bonchev–Trinajstić information content (AvgIpc) is 2.99. The van der Waals surface area contributed by atoms with Gasteiger partial charge in [-0.05, 0) is 30.3 Å². The third kappa shape index (κ3) is 4.60. The molecular formula is C19H12F5N3O3. The zero-order chi connectivity index (χ0) is 21.8. The predicted molar refractivity (Wildman–Crippen MR) is 96.2 cm³/mol. The number of nitrogens with zero attached hydrogens (tertiary/aromatic N) is 2. The first-order valence-corrected chi connectivity index (χ1v) is 8.23. The summed E-state index contributed by atoms with van der Waals surface area (Å²) in [7, 11) is 0. The summed E-state index contributed by atoms with van der Waals surface area (Å²) >= 11 is 0.